The predicted molar refractivity (Wildman–Crippen MR) is 154 cm³/mol. The third-order valence-corrected chi connectivity index (χ3v) is 9.90. The molecule has 0 N–H and O–H groups in total. The Bertz CT molecular complexity index is 1180. The van der Waals surface area contributed by atoms with Gasteiger partial charge in [-0.15, -0.1) is 0 Å². The summed E-state index contributed by atoms with van der Waals surface area (Å²) in [6.07, 6.45) is 8.25. The van der Waals surface area contributed by atoms with Gasteiger partial charge in [0.15, 0.2) is 0 Å². The Morgan fingerprint density at radius 3 is 1.92 bits per heavy atom. The molecule has 0 unspecified atom stereocenters. The van der Waals surface area contributed by atoms with Gasteiger partial charge in [-0.1, -0.05) is 0 Å². The number of rotatable bonds is 0. The van der Waals surface area contributed by atoms with Gasteiger partial charge in [0, 0.05) is 0 Å². The van der Waals surface area contributed by atoms with E-state index >= 15 is 0 Å². The number of aryl methyl sites for hydroxylation is 1. The van der Waals surface area contributed by atoms with Crippen LogP contribution in [0, 0.1) is 6.92 Å². The summed E-state index contributed by atoms with van der Waals surface area (Å²) in [5, 5.41) is 0.651. The molecule has 4 rings (SSSR count). The summed E-state index contributed by atoms with van der Waals surface area (Å²) < 4.78 is 13.0. The first-order valence-electron chi connectivity index (χ1n) is 12.9. The fourth-order valence-corrected chi connectivity index (χ4v) is 8.20. The van der Waals surface area contributed by atoms with Gasteiger partial charge in [-0.2, -0.15) is 0 Å². The molecule has 1 aliphatic carbocycles. The van der Waals surface area contributed by atoms with Gasteiger partial charge in [0.2, 0.25) is 0 Å². The van der Waals surface area contributed by atoms with Crippen LogP contribution >= 0.6 is 21.2 Å². The van der Waals surface area contributed by atoms with Gasteiger partial charge in [0.1, 0.15) is 0 Å². The van der Waals surface area contributed by atoms with E-state index in [0.717, 1.165) is 53.7 Å². The van der Waals surface area contributed by atoms with E-state index in [1.807, 2.05) is 31.5 Å². The topological polar surface area (TPSA) is 43.2 Å². The van der Waals surface area contributed by atoms with E-state index in [4.69, 9.17) is 38.3 Å². The molecule has 1 fully saturated rings. The van der Waals surface area contributed by atoms with Crippen LogP contribution in [0.15, 0.2) is 34.3 Å². The van der Waals surface area contributed by atoms with Crippen molar-refractivity contribution in [3.8, 4) is 11.5 Å². The van der Waals surface area contributed by atoms with Crippen LogP contribution in [-0.2, 0) is 10.8 Å². The van der Waals surface area contributed by atoms with Crippen LogP contribution in [0.5, 0.6) is 11.5 Å². The molecule has 0 amide bonds. The molecule has 0 aromatic heterocycles. The maximum absolute atomic E-state index is 6.92. The van der Waals surface area contributed by atoms with Crippen molar-refractivity contribution < 1.29 is 7.06 Å². The molecule has 2 aromatic rings. The maximum atomic E-state index is 6.92. The summed E-state index contributed by atoms with van der Waals surface area (Å²) in [5.41, 5.74) is 4.93. The molecule has 192 valence electrons. The van der Waals surface area contributed by atoms with Crippen LogP contribution < -0.4 is 7.06 Å². The van der Waals surface area contributed by atoms with E-state index in [0.29, 0.717) is 10.8 Å². The summed E-state index contributed by atoms with van der Waals surface area (Å²) in [4.78, 5) is 10.1. The first kappa shape index (κ1) is 27.6. The Morgan fingerprint density at radius 1 is 0.806 bits per heavy atom. The van der Waals surface area contributed by atoms with Crippen LogP contribution in [-0.4, -0.2) is 40.5 Å². The van der Waals surface area contributed by atoms with E-state index in [9.17, 15) is 0 Å². The van der Waals surface area contributed by atoms with Crippen molar-refractivity contribution in [3.05, 3.63) is 57.1 Å². The SMILES string of the molecule is Cc1cc(Cl)cc2c1[O][Ga]([Cl])[O]c1c(cc(C(C)(C)C)cc1C(C)(C)C)C=N[C@@H]1CCCC[C@H]1N=C2. The van der Waals surface area contributed by atoms with Gasteiger partial charge in [-0.3, -0.25) is 0 Å². The molecule has 1 saturated carbocycles. The molecule has 2 aromatic carbocycles. The molecule has 36 heavy (non-hydrogen) atoms. The summed E-state index contributed by atoms with van der Waals surface area (Å²) in [7, 11) is 6.92. The number of hydrogen-bond donors (Lipinski definition) is 0. The number of hydrogen-bond acceptors (Lipinski definition) is 4. The van der Waals surface area contributed by atoms with Gasteiger partial charge >= 0.3 is 232 Å². The van der Waals surface area contributed by atoms with Gasteiger partial charge in [-0.05, 0) is 0 Å². The fraction of sp³-hybridized carbons (Fsp3) is 0.517. The quantitative estimate of drug-likeness (QED) is 0.293. The molecule has 7 heteroatoms. The summed E-state index contributed by atoms with van der Waals surface area (Å²) in [6.45, 7) is 15.3. The zero-order valence-electron chi connectivity index (χ0n) is 22.5. The van der Waals surface area contributed by atoms with Crippen LogP contribution in [0.3, 0.4) is 0 Å². The van der Waals surface area contributed by atoms with Gasteiger partial charge in [0.05, 0.1) is 0 Å². The summed E-state index contributed by atoms with van der Waals surface area (Å²) in [5.74, 6) is 1.50. The van der Waals surface area contributed by atoms with E-state index < -0.39 is 15.9 Å². The summed E-state index contributed by atoms with van der Waals surface area (Å²) >= 11 is 3.17. The number of aliphatic imine (C=N–C) groups is 2. The Hall–Kier alpha value is -1.40. The zero-order chi connectivity index (χ0) is 26.3. The van der Waals surface area contributed by atoms with E-state index in [2.05, 4.69) is 53.7 Å². The Balaban J connectivity index is 1.92. The third-order valence-electron chi connectivity index (χ3n) is 6.98. The van der Waals surface area contributed by atoms with E-state index in [1.54, 1.807) is 0 Å². The normalized spacial score (nSPS) is 20.6. The van der Waals surface area contributed by atoms with Crippen molar-refractivity contribution in [2.75, 3.05) is 0 Å². The molecule has 0 radical (unpaired) electrons. The summed E-state index contributed by atoms with van der Waals surface area (Å²) in [6, 6.07) is 8.51. The fourth-order valence-electron chi connectivity index (χ4n) is 4.88. The molecule has 2 aliphatic rings. The number of fused-ring (bicyclic) bond motifs is 3. The van der Waals surface area contributed by atoms with Crippen LogP contribution in [0.1, 0.15) is 95.0 Å². The van der Waals surface area contributed by atoms with Gasteiger partial charge in [-0.25, -0.2) is 0 Å². The molecule has 0 bridgehead atoms. The second-order valence-corrected chi connectivity index (χ2v) is 16.5. The Labute approximate surface area is 231 Å². The van der Waals surface area contributed by atoms with Crippen molar-refractivity contribution in [2.45, 2.75) is 97.1 Å². The van der Waals surface area contributed by atoms with Gasteiger partial charge in [0.25, 0.3) is 0 Å². The third kappa shape index (κ3) is 6.35. The van der Waals surface area contributed by atoms with Crippen molar-refractivity contribution >= 4 is 49.6 Å². The second-order valence-electron chi connectivity index (χ2n) is 12.1. The molecule has 4 nitrogen and oxygen atoms in total. The van der Waals surface area contributed by atoms with Crippen molar-refractivity contribution in [2.24, 2.45) is 9.98 Å². The van der Waals surface area contributed by atoms with Crippen LogP contribution in [0.2, 0.25) is 5.02 Å². The molecule has 0 saturated heterocycles. The average Bonchev–Trinajstić information content (AvgIpc) is 2.78. The van der Waals surface area contributed by atoms with Crippen LogP contribution in [0.25, 0.3) is 0 Å². The minimum atomic E-state index is -3.24. The zero-order valence-corrected chi connectivity index (χ0v) is 26.4. The number of benzene rings is 2. The monoisotopic (exact) mass is 584 g/mol. The van der Waals surface area contributed by atoms with E-state index in [-0.39, 0.29) is 22.9 Å². The molecular formula is C29H37Cl2GaN2O2. The van der Waals surface area contributed by atoms with Gasteiger partial charge < -0.3 is 0 Å². The predicted octanol–water partition coefficient (Wildman–Crippen LogP) is 8.09. The molecule has 1 heterocycles. The van der Waals surface area contributed by atoms with Crippen molar-refractivity contribution in [1.82, 2.24) is 0 Å². The van der Waals surface area contributed by atoms with E-state index in [1.165, 1.54) is 5.56 Å². The number of nitrogens with zero attached hydrogens (tertiary/aromatic N) is 2. The number of halogens is 2. The average molecular weight is 586 g/mol. The first-order chi connectivity index (χ1) is 16.8. The first-order valence-corrected chi connectivity index (χ1v) is 18.4. The minimum absolute atomic E-state index is 0.0185. The van der Waals surface area contributed by atoms with Crippen LogP contribution in [0.4, 0.5) is 0 Å². The second kappa shape index (κ2) is 10.8. The standard InChI is InChI=1S/C29H39ClN2O2.ClH.Ga/c1-18-12-22(30)14-20(26(18)33)17-32-25-11-9-8-10-24(25)31-16-19-13-21(28(2,3)4)15-23(27(19)34)29(5,6)7;;/h12-17,24-25,33-34H,8-11H2,1-7H3;1H;/q;;+3/p-3/t24-,25-;;/m1../s1. The Morgan fingerprint density at radius 2 is 1.36 bits per heavy atom. The molecular weight excluding hydrogens is 549 g/mol. The van der Waals surface area contributed by atoms with Crippen molar-refractivity contribution in [3.63, 3.8) is 0 Å². The molecule has 2 atom stereocenters. The Kier molecular flexibility index (Phi) is 8.26. The van der Waals surface area contributed by atoms with Crippen molar-refractivity contribution in [1.29, 1.82) is 0 Å². The molecule has 1 aliphatic heterocycles. The molecule has 0 spiro atoms.